The summed E-state index contributed by atoms with van der Waals surface area (Å²) in [6, 6.07) is 0. The molecule has 2 nitrogen and oxygen atoms in total. The van der Waals surface area contributed by atoms with Crippen LogP contribution in [0.25, 0.3) is 0 Å². The lowest BCUT2D eigenvalue weighted by molar-refractivity contribution is -0.0973. The van der Waals surface area contributed by atoms with Gasteiger partial charge in [-0.25, -0.2) is 0 Å². The van der Waals surface area contributed by atoms with Crippen LogP contribution in [-0.2, 0) is 9.47 Å². The zero-order valence-corrected chi connectivity index (χ0v) is 10.0. The van der Waals surface area contributed by atoms with Gasteiger partial charge in [0.15, 0.2) is 6.29 Å². The van der Waals surface area contributed by atoms with Crippen molar-refractivity contribution in [2.75, 3.05) is 14.2 Å². The van der Waals surface area contributed by atoms with Gasteiger partial charge in [-0.1, -0.05) is 25.7 Å². The molecule has 0 bridgehead atoms. The lowest BCUT2D eigenvalue weighted by Gasteiger charge is -2.18. The van der Waals surface area contributed by atoms with Gasteiger partial charge in [0.25, 0.3) is 0 Å². The Bertz CT molecular complexity index is 192. The van der Waals surface area contributed by atoms with Gasteiger partial charge in [-0.2, -0.15) is 0 Å². The largest absolute Gasteiger partial charge is 0.355 e. The summed E-state index contributed by atoms with van der Waals surface area (Å²) >= 11 is 0. The Morgan fingerprint density at radius 1 is 1.14 bits per heavy atom. The van der Waals surface area contributed by atoms with E-state index in [-0.39, 0.29) is 11.7 Å². The number of hydrogen-bond acceptors (Lipinski definition) is 2. The van der Waals surface area contributed by atoms with Crippen LogP contribution in [0.4, 0.5) is 0 Å². The fourth-order valence-corrected chi connectivity index (χ4v) is 1.04. The van der Waals surface area contributed by atoms with Crippen molar-refractivity contribution in [1.29, 1.82) is 0 Å². The van der Waals surface area contributed by atoms with Gasteiger partial charge >= 0.3 is 0 Å². The summed E-state index contributed by atoms with van der Waals surface area (Å²) in [6.45, 7) is 6.53. The quantitative estimate of drug-likeness (QED) is 0.499. The van der Waals surface area contributed by atoms with E-state index in [1.807, 2.05) is 0 Å². The van der Waals surface area contributed by atoms with E-state index >= 15 is 0 Å². The van der Waals surface area contributed by atoms with Gasteiger partial charge in [-0.05, 0) is 19.8 Å². The molecule has 0 aliphatic rings. The van der Waals surface area contributed by atoms with E-state index in [1.165, 1.54) is 0 Å². The molecule has 0 N–H and O–H groups in total. The van der Waals surface area contributed by atoms with Gasteiger partial charge in [-0.15, -0.1) is 0 Å². The number of ether oxygens (including phenoxy) is 2. The molecular formula is C12H22O2. The van der Waals surface area contributed by atoms with E-state index in [0.717, 1.165) is 12.8 Å². The number of hydrogen-bond donors (Lipinski definition) is 0. The third-order valence-electron chi connectivity index (χ3n) is 2.75. The molecule has 0 heterocycles. The molecule has 2 heteroatoms. The Morgan fingerprint density at radius 3 is 2.00 bits per heavy atom. The summed E-state index contributed by atoms with van der Waals surface area (Å²) in [6.07, 6.45) is 2.62. The zero-order chi connectivity index (χ0) is 11.0. The summed E-state index contributed by atoms with van der Waals surface area (Å²) in [7, 11) is 3.27. The van der Waals surface area contributed by atoms with Crippen molar-refractivity contribution in [3.63, 3.8) is 0 Å². The SMILES string of the molecule is CCC(C)(C#CCC(OC)OC)CC. The van der Waals surface area contributed by atoms with Gasteiger partial charge in [0, 0.05) is 19.6 Å². The average Bonchev–Trinajstić information content (AvgIpc) is 2.24. The summed E-state index contributed by atoms with van der Waals surface area (Å²) in [5.41, 5.74) is 0.145. The zero-order valence-electron chi connectivity index (χ0n) is 10.0. The highest BCUT2D eigenvalue weighted by Gasteiger charge is 2.15. The molecule has 0 rings (SSSR count). The predicted octanol–water partition coefficient (Wildman–Crippen LogP) is 2.83. The maximum Gasteiger partial charge on any atom is 0.167 e. The monoisotopic (exact) mass is 198 g/mol. The fraction of sp³-hybridized carbons (Fsp3) is 0.833. The first-order chi connectivity index (χ1) is 6.61. The van der Waals surface area contributed by atoms with Crippen LogP contribution < -0.4 is 0 Å². The van der Waals surface area contributed by atoms with Crippen molar-refractivity contribution < 1.29 is 9.47 Å². The molecule has 0 unspecified atom stereocenters. The van der Waals surface area contributed by atoms with E-state index < -0.39 is 0 Å². The third-order valence-corrected chi connectivity index (χ3v) is 2.75. The van der Waals surface area contributed by atoms with Crippen LogP contribution in [0.15, 0.2) is 0 Å². The molecule has 0 aliphatic carbocycles. The first-order valence-corrected chi connectivity index (χ1v) is 5.17. The van der Waals surface area contributed by atoms with Crippen LogP contribution >= 0.6 is 0 Å². The first-order valence-electron chi connectivity index (χ1n) is 5.17. The van der Waals surface area contributed by atoms with Crippen LogP contribution in [0.1, 0.15) is 40.0 Å². The molecule has 0 radical (unpaired) electrons. The van der Waals surface area contributed by atoms with Crippen LogP contribution in [0.5, 0.6) is 0 Å². The van der Waals surface area contributed by atoms with Crippen LogP contribution in [0, 0.1) is 17.3 Å². The fourth-order valence-electron chi connectivity index (χ4n) is 1.04. The Morgan fingerprint density at radius 2 is 1.64 bits per heavy atom. The maximum atomic E-state index is 5.06. The Hall–Kier alpha value is -0.520. The maximum absolute atomic E-state index is 5.06. The second kappa shape index (κ2) is 6.86. The highest BCUT2D eigenvalue weighted by atomic mass is 16.7. The Balaban J connectivity index is 4.14. The molecule has 0 aromatic heterocycles. The van der Waals surface area contributed by atoms with Gasteiger partial charge in [0.2, 0.25) is 0 Å². The summed E-state index contributed by atoms with van der Waals surface area (Å²) < 4.78 is 10.1. The van der Waals surface area contributed by atoms with Gasteiger partial charge < -0.3 is 9.47 Å². The molecule has 0 amide bonds. The lowest BCUT2D eigenvalue weighted by Crippen LogP contribution is -2.13. The molecular weight excluding hydrogens is 176 g/mol. The van der Waals surface area contributed by atoms with Gasteiger partial charge in [0.1, 0.15) is 0 Å². The smallest absolute Gasteiger partial charge is 0.167 e. The summed E-state index contributed by atoms with van der Waals surface area (Å²) in [4.78, 5) is 0. The normalized spacial score (nSPS) is 11.3. The Kier molecular flexibility index (Phi) is 6.61. The first kappa shape index (κ1) is 13.5. The van der Waals surface area contributed by atoms with Gasteiger partial charge in [0.05, 0.1) is 6.42 Å². The molecule has 0 saturated heterocycles. The topological polar surface area (TPSA) is 18.5 Å². The molecule has 0 atom stereocenters. The van der Waals surface area contributed by atoms with Crippen molar-refractivity contribution >= 4 is 0 Å². The highest BCUT2D eigenvalue weighted by Crippen LogP contribution is 2.23. The predicted molar refractivity (Wildman–Crippen MR) is 58.9 cm³/mol. The van der Waals surface area contributed by atoms with E-state index in [1.54, 1.807) is 14.2 Å². The minimum Gasteiger partial charge on any atom is -0.355 e. The molecule has 0 aromatic carbocycles. The molecule has 14 heavy (non-hydrogen) atoms. The molecule has 0 fully saturated rings. The summed E-state index contributed by atoms with van der Waals surface area (Å²) in [5.74, 6) is 6.41. The van der Waals surface area contributed by atoms with E-state index in [9.17, 15) is 0 Å². The molecule has 0 saturated carbocycles. The van der Waals surface area contributed by atoms with Crippen molar-refractivity contribution in [2.24, 2.45) is 5.41 Å². The van der Waals surface area contributed by atoms with Crippen molar-refractivity contribution in [1.82, 2.24) is 0 Å². The number of rotatable bonds is 5. The van der Waals surface area contributed by atoms with Crippen molar-refractivity contribution in [2.45, 2.75) is 46.3 Å². The Labute approximate surface area is 88.0 Å². The molecule has 0 aromatic rings. The standard InChI is InChI=1S/C12H22O2/c1-6-12(3,7-2)10-8-9-11(13-4)14-5/h11H,6-7,9H2,1-5H3. The van der Waals surface area contributed by atoms with E-state index in [4.69, 9.17) is 9.47 Å². The number of methoxy groups -OCH3 is 2. The third kappa shape index (κ3) is 4.64. The van der Waals surface area contributed by atoms with Crippen LogP contribution in [0.3, 0.4) is 0 Å². The van der Waals surface area contributed by atoms with Crippen LogP contribution in [0.2, 0.25) is 0 Å². The molecule has 0 aliphatic heterocycles. The second-order valence-electron chi connectivity index (χ2n) is 3.67. The minimum absolute atomic E-state index is 0.145. The van der Waals surface area contributed by atoms with Crippen molar-refractivity contribution in [3.8, 4) is 11.8 Å². The second-order valence-corrected chi connectivity index (χ2v) is 3.67. The highest BCUT2D eigenvalue weighted by molar-refractivity contribution is 5.10. The molecule has 82 valence electrons. The van der Waals surface area contributed by atoms with E-state index in [2.05, 4.69) is 32.6 Å². The lowest BCUT2D eigenvalue weighted by atomic mass is 9.85. The van der Waals surface area contributed by atoms with E-state index in [0.29, 0.717) is 6.42 Å². The minimum atomic E-state index is -0.194. The van der Waals surface area contributed by atoms with Crippen LogP contribution in [-0.4, -0.2) is 20.5 Å². The average molecular weight is 198 g/mol. The summed E-state index contributed by atoms with van der Waals surface area (Å²) in [5, 5.41) is 0. The molecule has 0 spiro atoms. The van der Waals surface area contributed by atoms with Gasteiger partial charge in [-0.3, -0.25) is 0 Å². The van der Waals surface area contributed by atoms with Crippen molar-refractivity contribution in [3.05, 3.63) is 0 Å².